The molecule has 1 aliphatic rings. The highest BCUT2D eigenvalue weighted by Gasteiger charge is 2.34. The van der Waals surface area contributed by atoms with Gasteiger partial charge in [-0.25, -0.2) is 9.79 Å². The van der Waals surface area contributed by atoms with Gasteiger partial charge < -0.3 is 20.1 Å². The van der Waals surface area contributed by atoms with Gasteiger partial charge in [-0.2, -0.15) is 0 Å². The van der Waals surface area contributed by atoms with Gasteiger partial charge in [0.05, 0.1) is 5.56 Å². The van der Waals surface area contributed by atoms with Gasteiger partial charge in [-0.05, 0) is 19.1 Å². The van der Waals surface area contributed by atoms with Crippen LogP contribution in [0.25, 0.3) is 0 Å². The molecule has 6 nitrogen and oxygen atoms in total. The van der Waals surface area contributed by atoms with Crippen molar-refractivity contribution in [1.29, 1.82) is 0 Å². The quantitative estimate of drug-likeness (QED) is 0.658. The summed E-state index contributed by atoms with van der Waals surface area (Å²) in [7, 11) is 0. The molecule has 0 aliphatic carbocycles. The van der Waals surface area contributed by atoms with Crippen molar-refractivity contribution in [1.82, 2.24) is 0 Å². The van der Waals surface area contributed by atoms with E-state index in [-0.39, 0.29) is 23.0 Å². The molecule has 17 heavy (non-hydrogen) atoms. The molecule has 0 saturated carbocycles. The number of para-hydroxylation sites is 1. The molecule has 1 aromatic rings. The maximum Gasteiger partial charge on any atom is 0.332 e. The lowest BCUT2D eigenvalue weighted by Gasteiger charge is -2.09. The zero-order chi connectivity index (χ0) is 12.6. The third-order valence-electron chi connectivity index (χ3n) is 2.50. The van der Waals surface area contributed by atoms with E-state index < -0.39 is 18.1 Å². The summed E-state index contributed by atoms with van der Waals surface area (Å²) in [4.78, 5) is 14.7. The molecule has 2 atom stereocenters. The van der Waals surface area contributed by atoms with Crippen LogP contribution in [0.3, 0.4) is 0 Å². The molecule has 0 bridgehead atoms. The molecule has 1 aliphatic heterocycles. The molecule has 3 N–H and O–H groups in total. The van der Waals surface area contributed by atoms with E-state index in [4.69, 9.17) is 9.84 Å². The fourth-order valence-corrected chi connectivity index (χ4v) is 1.60. The van der Waals surface area contributed by atoms with Crippen molar-refractivity contribution in [3.05, 3.63) is 23.8 Å². The Labute approximate surface area is 96.8 Å². The van der Waals surface area contributed by atoms with Crippen molar-refractivity contribution in [2.75, 3.05) is 0 Å². The molecular weight excluding hydrogens is 226 g/mol. The van der Waals surface area contributed by atoms with Gasteiger partial charge in [-0.15, -0.1) is 0 Å². The Morgan fingerprint density at radius 1 is 1.41 bits per heavy atom. The Bertz CT molecular complexity index is 497. The van der Waals surface area contributed by atoms with E-state index in [9.17, 15) is 15.0 Å². The monoisotopic (exact) mass is 237 g/mol. The molecule has 1 aromatic carbocycles. The van der Waals surface area contributed by atoms with Crippen LogP contribution in [-0.2, 0) is 9.53 Å². The fraction of sp³-hybridized carbons (Fsp3) is 0.273. The first kappa shape index (κ1) is 11.3. The predicted molar refractivity (Wildman–Crippen MR) is 58.3 cm³/mol. The number of rotatable bonds is 2. The van der Waals surface area contributed by atoms with Gasteiger partial charge in [0.25, 0.3) is 0 Å². The molecule has 0 spiro atoms. The zero-order valence-corrected chi connectivity index (χ0v) is 8.99. The molecule has 90 valence electrons. The third-order valence-corrected chi connectivity index (χ3v) is 2.50. The van der Waals surface area contributed by atoms with Crippen molar-refractivity contribution in [3.63, 3.8) is 0 Å². The summed E-state index contributed by atoms with van der Waals surface area (Å²) < 4.78 is 5.26. The van der Waals surface area contributed by atoms with Crippen LogP contribution in [-0.4, -0.2) is 39.3 Å². The number of ether oxygens (including phenoxy) is 1. The first-order valence-corrected chi connectivity index (χ1v) is 4.99. The van der Waals surface area contributed by atoms with Crippen LogP contribution >= 0.6 is 0 Å². The highest BCUT2D eigenvalue weighted by atomic mass is 16.5. The van der Waals surface area contributed by atoms with Gasteiger partial charge in [0.1, 0.15) is 6.10 Å². The summed E-state index contributed by atoms with van der Waals surface area (Å²) in [5.74, 6) is -1.74. The molecule has 0 aromatic heterocycles. The van der Waals surface area contributed by atoms with Crippen LogP contribution in [0.4, 0.5) is 0 Å². The third kappa shape index (κ3) is 1.89. The lowest BCUT2D eigenvalue weighted by molar-refractivity contribution is -0.139. The van der Waals surface area contributed by atoms with E-state index in [1.54, 1.807) is 6.92 Å². The molecule has 6 heteroatoms. The second-order valence-corrected chi connectivity index (χ2v) is 3.71. The lowest BCUT2D eigenvalue weighted by atomic mass is 10.2. The number of carboxylic acid groups (broad SMARTS) is 1. The van der Waals surface area contributed by atoms with Gasteiger partial charge in [0.2, 0.25) is 5.90 Å². The van der Waals surface area contributed by atoms with Gasteiger partial charge >= 0.3 is 5.97 Å². The molecule has 0 saturated heterocycles. The maximum absolute atomic E-state index is 10.8. The van der Waals surface area contributed by atoms with Gasteiger partial charge in [0, 0.05) is 0 Å². The minimum absolute atomic E-state index is 0.0262. The minimum Gasteiger partial charge on any atom is -0.504 e. The maximum atomic E-state index is 10.8. The Kier molecular flexibility index (Phi) is 2.63. The SMILES string of the molecule is C[C@@H]1OC(c2cccc(O)c2O)=N[C@@H]1C(=O)O. The Morgan fingerprint density at radius 2 is 2.12 bits per heavy atom. The van der Waals surface area contributed by atoms with E-state index >= 15 is 0 Å². The number of aromatic hydroxyl groups is 2. The number of aliphatic carboxylic acids is 1. The minimum atomic E-state index is -1.09. The van der Waals surface area contributed by atoms with Crippen molar-refractivity contribution >= 4 is 11.9 Å². The number of benzene rings is 1. The Hall–Kier alpha value is -2.24. The summed E-state index contributed by atoms with van der Waals surface area (Å²) in [5, 5.41) is 27.8. The number of hydrogen-bond donors (Lipinski definition) is 3. The second-order valence-electron chi connectivity index (χ2n) is 3.71. The van der Waals surface area contributed by atoms with Gasteiger partial charge in [-0.3, -0.25) is 0 Å². The van der Waals surface area contributed by atoms with Crippen molar-refractivity contribution in [2.45, 2.75) is 19.1 Å². The summed E-state index contributed by atoms with van der Waals surface area (Å²) >= 11 is 0. The highest BCUT2D eigenvalue weighted by molar-refractivity contribution is 6.00. The highest BCUT2D eigenvalue weighted by Crippen LogP contribution is 2.31. The van der Waals surface area contributed by atoms with E-state index in [1.165, 1.54) is 18.2 Å². The smallest absolute Gasteiger partial charge is 0.332 e. The number of aliphatic imine (C=N–C) groups is 1. The standard InChI is InChI=1S/C11H11NO5/c1-5-8(11(15)16)12-10(17-5)6-3-2-4-7(13)9(6)14/h2-5,8,13-14H,1H3,(H,15,16)/t5-,8-/m0/s1. The lowest BCUT2D eigenvalue weighted by Crippen LogP contribution is -2.27. The van der Waals surface area contributed by atoms with Crippen LogP contribution in [0.15, 0.2) is 23.2 Å². The number of phenols is 2. The first-order valence-electron chi connectivity index (χ1n) is 4.99. The zero-order valence-electron chi connectivity index (χ0n) is 8.99. The van der Waals surface area contributed by atoms with Gasteiger partial charge in [0.15, 0.2) is 17.5 Å². The first-order chi connectivity index (χ1) is 8.00. The number of phenolic OH excluding ortho intramolecular Hbond substituents is 2. The van der Waals surface area contributed by atoms with Crippen LogP contribution in [0, 0.1) is 0 Å². The number of carbonyl (C=O) groups is 1. The van der Waals surface area contributed by atoms with Gasteiger partial charge in [-0.1, -0.05) is 6.07 Å². The molecule has 0 fully saturated rings. The number of hydrogen-bond acceptors (Lipinski definition) is 5. The Morgan fingerprint density at radius 3 is 2.71 bits per heavy atom. The Balaban J connectivity index is 2.39. The fourth-order valence-electron chi connectivity index (χ4n) is 1.60. The van der Waals surface area contributed by atoms with E-state index in [1.807, 2.05) is 0 Å². The summed E-state index contributed by atoms with van der Waals surface area (Å²) in [6.45, 7) is 1.58. The van der Waals surface area contributed by atoms with Crippen LogP contribution in [0.5, 0.6) is 11.5 Å². The van der Waals surface area contributed by atoms with Crippen molar-refractivity contribution in [2.24, 2.45) is 4.99 Å². The predicted octanol–water partition coefficient (Wildman–Crippen LogP) is 0.716. The molecule has 0 amide bonds. The van der Waals surface area contributed by atoms with Crippen LogP contribution < -0.4 is 0 Å². The summed E-state index contributed by atoms with van der Waals surface area (Å²) in [6, 6.07) is 3.32. The van der Waals surface area contributed by atoms with E-state index in [2.05, 4.69) is 4.99 Å². The summed E-state index contributed by atoms with van der Waals surface area (Å²) in [6.07, 6.45) is -0.607. The van der Waals surface area contributed by atoms with Crippen LogP contribution in [0.2, 0.25) is 0 Å². The average Bonchev–Trinajstić information content (AvgIpc) is 2.64. The molecule has 0 radical (unpaired) electrons. The molecule has 2 rings (SSSR count). The topological polar surface area (TPSA) is 99.4 Å². The van der Waals surface area contributed by atoms with E-state index in [0.29, 0.717) is 0 Å². The molecule has 0 unspecified atom stereocenters. The number of nitrogens with zero attached hydrogens (tertiary/aromatic N) is 1. The van der Waals surface area contributed by atoms with E-state index in [0.717, 1.165) is 0 Å². The summed E-state index contributed by atoms with van der Waals surface area (Å²) in [5.41, 5.74) is 0.181. The second kappa shape index (κ2) is 3.97. The van der Waals surface area contributed by atoms with Crippen molar-refractivity contribution in [3.8, 4) is 11.5 Å². The van der Waals surface area contributed by atoms with Crippen LogP contribution in [0.1, 0.15) is 12.5 Å². The number of carboxylic acids is 1. The average molecular weight is 237 g/mol. The molecular formula is C11H11NO5. The largest absolute Gasteiger partial charge is 0.504 e. The molecule has 1 heterocycles. The van der Waals surface area contributed by atoms with Crippen molar-refractivity contribution < 1.29 is 24.9 Å². The normalized spacial score (nSPS) is 23.0.